The van der Waals surface area contributed by atoms with E-state index in [0.29, 0.717) is 16.9 Å². The molecule has 118 valence electrons. The zero-order valence-electron chi connectivity index (χ0n) is 12.9. The van der Waals surface area contributed by atoms with Crippen molar-refractivity contribution in [3.8, 4) is 5.75 Å². The molecule has 0 fully saturated rings. The van der Waals surface area contributed by atoms with Crippen LogP contribution in [-0.2, 0) is 14.8 Å². The van der Waals surface area contributed by atoms with Gasteiger partial charge in [-0.2, -0.15) is 0 Å². The number of hydrogen-bond donors (Lipinski definition) is 2. The maximum atomic E-state index is 11.6. The van der Waals surface area contributed by atoms with Gasteiger partial charge in [-0.05, 0) is 43.0 Å². The minimum Gasteiger partial charge on any atom is -0.481 e. The highest BCUT2D eigenvalue weighted by Gasteiger charge is 2.20. The predicted octanol–water partition coefficient (Wildman–Crippen LogP) is 1.28. The van der Waals surface area contributed by atoms with Gasteiger partial charge in [-0.15, -0.1) is 0 Å². The van der Waals surface area contributed by atoms with Crippen LogP contribution in [-0.4, -0.2) is 27.5 Å². The van der Waals surface area contributed by atoms with E-state index in [1.165, 1.54) is 13.1 Å². The Morgan fingerprint density at radius 1 is 1.29 bits per heavy atom. The van der Waals surface area contributed by atoms with E-state index in [1.807, 2.05) is 13.8 Å². The molecule has 21 heavy (non-hydrogen) atoms. The van der Waals surface area contributed by atoms with Gasteiger partial charge in [-0.1, -0.05) is 13.8 Å². The van der Waals surface area contributed by atoms with Gasteiger partial charge in [-0.3, -0.25) is 4.79 Å². The number of benzene rings is 1. The molecular weight excluding hydrogens is 292 g/mol. The molecule has 1 unspecified atom stereocenters. The van der Waals surface area contributed by atoms with E-state index >= 15 is 0 Å². The second kappa shape index (κ2) is 6.44. The molecule has 0 saturated heterocycles. The average Bonchev–Trinajstić information content (AvgIpc) is 2.35. The molecule has 0 radical (unpaired) electrons. The smallest absolute Gasteiger partial charge is 0.260 e. The van der Waals surface area contributed by atoms with Gasteiger partial charge in [0.2, 0.25) is 10.0 Å². The molecule has 0 spiro atoms. The number of likely N-dealkylation sites (N-methyl/N-ethyl adjacent to an activating group) is 1. The third-order valence-electron chi connectivity index (χ3n) is 3.16. The zero-order chi connectivity index (χ0) is 16.4. The Morgan fingerprint density at radius 3 is 2.29 bits per heavy atom. The summed E-state index contributed by atoms with van der Waals surface area (Å²) in [6, 6.07) is 3.12. The SMILES string of the molecule is CNC(=O)C(C)Oc1cc(C)c(S(N)(=O)=O)cc1C(C)C. The van der Waals surface area contributed by atoms with E-state index in [-0.39, 0.29) is 16.7 Å². The number of aryl methyl sites for hydroxylation is 1. The van der Waals surface area contributed by atoms with E-state index in [2.05, 4.69) is 5.32 Å². The van der Waals surface area contributed by atoms with Gasteiger partial charge in [0.15, 0.2) is 6.10 Å². The van der Waals surface area contributed by atoms with E-state index in [9.17, 15) is 13.2 Å². The molecule has 0 bridgehead atoms. The molecule has 0 aliphatic carbocycles. The molecule has 0 aliphatic rings. The second-order valence-electron chi connectivity index (χ2n) is 5.23. The summed E-state index contributed by atoms with van der Waals surface area (Å²) in [5.74, 6) is 0.266. The van der Waals surface area contributed by atoms with E-state index in [1.54, 1.807) is 19.9 Å². The molecular formula is C14H22N2O4S. The molecule has 1 rings (SSSR count). The van der Waals surface area contributed by atoms with Crippen LogP contribution >= 0.6 is 0 Å². The minimum absolute atomic E-state index is 0.0259. The first kappa shape index (κ1) is 17.5. The van der Waals surface area contributed by atoms with E-state index in [4.69, 9.17) is 9.88 Å². The van der Waals surface area contributed by atoms with Crippen molar-refractivity contribution in [2.75, 3.05) is 7.05 Å². The first-order chi connectivity index (χ1) is 9.57. The normalized spacial score (nSPS) is 13.1. The van der Waals surface area contributed by atoms with Crippen LogP contribution in [0.2, 0.25) is 0 Å². The maximum Gasteiger partial charge on any atom is 0.260 e. The Balaban J connectivity index is 3.33. The summed E-state index contributed by atoms with van der Waals surface area (Å²) in [5, 5.41) is 7.72. The lowest BCUT2D eigenvalue weighted by atomic mass is 10.0. The van der Waals surface area contributed by atoms with Crippen molar-refractivity contribution in [1.29, 1.82) is 0 Å². The maximum absolute atomic E-state index is 11.6. The van der Waals surface area contributed by atoms with Crippen LogP contribution in [0.4, 0.5) is 0 Å². The van der Waals surface area contributed by atoms with Gasteiger partial charge in [0.25, 0.3) is 5.91 Å². The average molecular weight is 314 g/mol. The van der Waals surface area contributed by atoms with Crippen molar-refractivity contribution in [2.24, 2.45) is 5.14 Å². The summed E-state index contributed by atoms with van der Waals surface area (Å²) >= 11 is 0. The number of sulfonamides is 1. The van der Waals surface area contributed by atoms with Gasteiger partial charge in [0, 0.05) is 7.05 Å². The molecule has 1 atom stereocenters. The highest BCUT2D eigenvalue weighted by atomic mass is 32.2. The fourth-order valence-corrected chi connectivity index (χ4v) is 2.78. The molecule has 1 aromatic rings. The number of primary sulfonamides is 1. The van der Waals surface area contributed by atoms with Crippen LogP contribution < -0.4 is 15.2 Å². The van der Waals surface area contributed by atoms with Gasteiger partial charge in [0.05, 0.1) is 4.90 Å². The van der Waals surface area contributed by atoms with Crippen molar-refractivity contribution in [3.05, 3.63) is 23.3 Å². The largest absolute Gasteiger partial charge is 0.481 e. The van der Waals surface area contributed by atoms with Crippen LogP contribution in [0.3, 0.4) is 0 Å². The summed E-state index contributed by atoms with van der Waals surface area (Å²) in [6.45, 7) is 7.09. The molecule has 7 heteroatoms. The number of rotatable bonds is 5. The quantitative estimate of drug-likeness (QED) is 0.855. The van der Waals surface area contributed by atoms with E-state index in [0.717, 1.165) is 0 Å². The molecule has 0 saturated carbocycles. The van der Waals surface area contributed by atoms with Crippen molar-refractivity contribution < 1.29 is 17.9 Å². The lowest BCUT2D eigenvalue weighted by Crippen LogP contribution is -2.34. The Bertz CT molecular complexity index is 639. The summed E-state index contributed by atoms with van der Waals surface area (Å²) in [7, 11) is -2.26. The fraction of sp³-hybridized carbons (Fsp3) is 0.500. The van der Waals surface area contributed by atoms with Crippen LogP contribution in [0.25, 0.3) is 0 Å². The topological polar surface area (TPSA) is 98.5 Å². The number of amides is 1. The molecule has 0 aliphatic heterocycles. The van der Waals surface area contributed by atoms with Gasteiger partial charge in [-0.25, -0.2) is 13.6 Å². The third kappa shape index (κ3) is 4.18. The number of nitrogens with one attached hydrogen (secondary N) is 1. The monoisotopic (exact) mass is 314 g/mol. The van der Waals surface area contributed by atoms with Gasteiger partial charge < -0.3 is 10.1 Å². The summed E-state index contributed by atoms with van der Waals surface area (Å²) in [5.41, 5.74) is 1.18. The second-order valence-corrected chi connectivity index (χ2v) is 6.76. The minimum atomic E-state index is -3.79. The Kier molecular flexibility index (Phi) is 5.36. The van der Waals surface area contributed by atoms with Crippen molar-refractivity contribution in [3.63, 3.8) is 0 Å². The standard InChI is InChI=1S/C14H22N2O4S/c1-8(2)11-7-13(21(15,18)19)9(3)6-12(11)20-10(4)14(17)16-5/h6-8,10H,1-5H3,(H,16,17)(H2,15,18,19). The Morgan fingerprint density at radius 2 is 1.86 bits per heavy atom. The molecule has 0 heterocycles. The third-order valence-corrected chi connectivity index (χ3v) is 4.21. The Labute approximate surface area is 125 Å². The molecule has 1 amide bonds. The highest BCUT2D eigenvalue weighted by molar-refractivity contribution is 7.89. The van der Waals surface area contributed by atoms with Crippen LogP contribution in [0.5, 0.6) is 5.75 Å². The number of hydrogen-bond acceptors (Lipinski definition) is 4. The summed E-state index contributed by atoms with van der Waals surface area (Å²) in [6.07, 6.45) is -0.674. The lowest BCUT2D eigenvalue weighted by Gasteiger charge is -2.20. The summed E-state index contributed by atoms with van der Waals surface area (Å²) in [4.78, 5) is 11.6. The van der Waals surface area contributed by atoms with Crippen LogP contribution in [0.1, 0.15) is 37.8 Å². The number of ether oxygens (including phenoxy) is 1. The number of carbonyl (C=O) groups excluding carboxylic acids is 1. The van der Waals surface area contributed by atoms with Gasteiger partial charge in [0.1, 0.15) is 5.75 Å². The zero-order valence-corrected chi connectivity index (χ0v) is 13.7. The van der Waals surface area contributed by atoms with E-state index < -0.39 is 16.1 Å². The molecule has 3 N–H and O–H groups in total. The molecule has 1 aromatic carbocycles. The predicted molar refractivity (Wildman–Crippen MR) is 80.8 cm³/mol. The molecule has 0 aromatic heterocycles. The van der Waals surface area contributed by atoms with Gasteiger partial charge >= 0.3 is 0 Å². The van der Waals surface area contributed by atoms with Crippen LogP contribution in [0, 0.1) is 6.92 Å². The Hall–Kier alpha value is -1.60. The van der Waals surface area contributed by atoms with Crippen molar-refractivity contribution >= 4 is 15.9 Å². The lowest BCUT2D eigenvalue weighted by molar-refractivity contribution is -0.126. The number of nitrogens with two attached hydrogens (primary N) is 1. The van der Waals surface area contributed by atoms with Crippen molar-refractivity contribution in [2.45, 2.75) is 44.6 Å². The van der Waals surface area contributed by atoms with Crippen molar-refractivity contribution in [1.82, 2.24) is 5.32 Å². The first-order valence-electron chi connectivity index (χ1n) is 6.63. The summed E-state index contributed by atoms with van der Waals surface area (Å²) < 4.78 is 28.8. The van der Waals surface area contributed by atoms with Crippen LogP contribution in [0.15, 0.2) is 17.0 Å². The highest BCUT2D eigenvalue weighted by Crippen LogP contribution is 2.32. The fourth-order valence-electron chi connectivity index (χ4n) is 1.98. The molecule has 6 nitrogen and oxygen atoms in total. The number of carbonyl (C=O) groups is 1. The first-order valence-corrected chi connectivity index (χ1v) is 8.18.